The summed E-state index contributed by atoms with van der Waals surface area (Å²) in [4.78, 5) is 11.0. The molecule has 4 heteroatoms. The molecule has 0 atom stereocenters. The summed E-state index contributed by atoms with van der Waals surface area (Å²) in [7, 11) is 0. The van der Waals surface area contributed by atoms with Crippen LogP contribution >= 0.6 is 0 Å². The number of carbonyl (C=O) groups excluding carboxylic acids is 1. The van der Waals surface area contributed by atoms with Crippen molar-refractivity contribution in [1.82, 2.24) is 5.48 Å². The molecular formula is C16H25NO3. The van der Waals surface area contributed by atoms with Crippen molar-refractivity contribution >= 4 is 5.91 Å². The summed E-state index contributed by atoms with van der Waals surface area (Å²) < 4.78 is 5.65. The van der Waals surface area contributed by atoms with Gasteiger partial charge in [0.15, 0.2) is 0 Å². The largest absolute Gasteiger partial charge is 0.494 e. The van der Waals surface area contributed by atoms with Gasteiger partial charge in [0.05, 0.1) is 13.0 Å². The van der Waals surface area contributed by atoms with E-state index in [2.05, 4.69) is 6.92 Å². The van der Waals surface area contributed by atoms with Gasteiger partial charge in [0.1, 0.15) is 5.75 Å². The molecule has 0 saturated carbocycles. The Bertz CT molecular complexity index is 376. The molecule has 1 rings (SSSR count). The standard InChI is InChI=1S/C16H25NO3/c1-2-3-4-5-6-7-12-20-15-10-8-14(9-11-15)13-16(18)17-19/h8-11,19H,2-7,12-13H2,1H3,(H,17,18). The van der Waals surface area contributed by atoms with Gasteiger partial charge in [-0.15, -0.1) is 0 Å². The van der Waals surface area contributed by atoms with E-state index in [4.69, 9.17) is 9.94 Å². The second-order valence-electron chi connectivity index (χ2n) is 4.97. The Hall–Kier alpha value is -1.55. The van der Waals surface area contributed by atoms with E-state index in [0.29, 0.717) is 0 Å². The number of rotatable bonds is 10. The van der Waals surface area contributed by atoms with Crippen LogP contribution in [0.25, 0.3) is 0 Å². The highest BCUT2D eigenvalue weighted by Gasteiger charge is 2.02. The number of hydroxylamine groups is 1. The first-order chi connectivity index (χ1) is 9.76. The van der Waals surface area contributed by atoms with Gasteiger partial charge in [-0.3, -0.25) is 10.0 Å². The highest BCUT2D eigenvalue weighted by Crippen LogP contribution is 2.13. The second-order valence-corrected chi connectivity index (χ2v) is 4.97. The predicted molar refractivity (Wildman–Crippen MR) is 78.9 cm³/mol. The Morgan fingerprint density at radius 1 is 1.10 bits per heavy atom. The minimum Gasteiger partial charge on any atom is -0.494 e. The number of carbonyl (C=O) groups is 1. The molecule has 0 spiro atoms. The van der Waals surface area contributed by atoms with Gasteiger partial charge < -0.3 is 4.74 Å². The molecule has 1 amide bonds. The Labute approximate surface area is 121 Å². The molecule has 4 nitrogen and oxygen atoms in total. The quantitative estimate of drug-likeness (QED) is 0.391. The van der Waals surface area contributed by atoms with Crippen LogP contribution in [0.4, 0.5) is 0 Å². The van der Waals surface area contributed by atoms with Crippen molar-refractivity contribution in [2.75, 3.05) is 6.61 Å². The van der Waals surface area contributed by atoms with E-state index < -0.39 is 5.91 Å². The number of amides is 1. The zero-order chi connectivity index (χ0) is 14.6. The number of nitrogens with one attached hydrogen (secondary N) is 1. The van der Waals surface area contributed by atoms with Crippen LogP contribution in [-0.4, -0.2) is 17.7 Å². The van der Waals surface area contributed by atoms with Gasteiger partial charge in [0, 0.05) is 0 Å². The Morgan fingerprint density at radius 2 is 1.75 bits per heavy atom. The Morgan fingerprint density at radius 3 is 2.40 bits per heavy atom. The molecule has 0 aromatic heterocycles. The fourth-order valence-corrected chi connectivity index (χ4v) is 2.00. The van der Waals surface area contributed by atoms with Gasteiger partial charge in [0.25, 0.3) is 0 Å². The van der Waals surface area contributed by atoms with E-state index in [9.17, 15) is 4.79 Å². The summed E-state index contributed by atoms with van der Waals surface area (Å²) in [6.45, 7) is 2.96. The van der Waals surface area contributed by atoms with Crippen LogP contribution in [0.5, 0.6) is 5.75 Å². The molecule has 1 aromatic carbocycles. The van der Waals surface area contributed by atoms with Crippen molar-refractivity contribution in [1.29, 1.82) is 0 Å². The summed E-state index contributed by atoms with van der Waals surface area (Å²) in [6, 6.07) is 7.39. The molecule has 1 aromatic rings. The van der Waals surface area contributed by atoms with E-state index in [1.165, 1.54) is 32.1 Å². The SMILES string of the molecule is CCCCCCCCOc1ccc(CC(=O)NO)cc1. The molecule has 0 bridgehead atoms. The molecular weight excluding hydrogens is 254 g/mol. The average molecular weight is 279 g/mol. The summed E-state index contributed by atoms with van der Waals surface area (Å²) in [5, 5.41) is 8.45. The lowest BCUT2D eigenvalue weighted by Gasteiger charge is -2.07. The summed E-state index contributed by atoms with van der Waals surface area (Å²) >= 11 is 0. The maximum Gasteiger partial charge on any atom is 0.247 e. The molecule has 0 aliphatic heterocycles. The molecule has 2 N–H and O–H groups in total. The summed E-state index contributed by atoms with van der Waals surface area (Å²) in [6.07, 6.45) is 7.67. The lowest BCUT2D eigenvalue weighted by molar-refractivity contribution is -0.128. The Kier molecular flexibility index (Phi) is 8.47. The molecule has 112 valence electrons. The zero-order valence-corrected chi connectivity index (χ0v) is 12.2. The fourth-order valence-electron chi connectivity index (χ4n) is 2.00. The third-order valence-electron chi connectivity index (χ3n) is 3.18. The fraction of sp³-hybridized carbons (Fsp3) is 0.562. The molecule has 20 heavy (non-hydrogen) atoms. The van der Waals surface area contributed by atoms with Crippen molar-refractivity contribution in [3.05, 3.63) is 29.8 Å². The van der Waals surface area contributed by atoms with E-state index in [-0.39, 0.29) is 6.42 Å². The summed E-state index contributed by atoms with van der Waals surface area (Å²) in [5.41, 5.74) is 2.47. The van der Waals surface area contributed by atoms with Crippen molar-refractivity contribution in [3.8, 4) is 5.75 Å². The van der Waals surface area contributed by atoms with Crippen LogP contribution in [0, 0.1) is 0 Å². The predicted octanol–water partition coefficient (Wildman–Crippen LogP) is 3.47. The van der Waals surface area contributed by atoms with E-state index >= 15 is 0 Å². The molecule has 0 aliphatic carbocycles. The molecule has 0 saturated heterocycles. The first kappa shape index (κ1) is 16.5. The van der Waals surface area contributed by atoms with Gasteiger partial charge in [-0.05, 0) is 24.1 Å². The van der Waals surface area contributed by atoms with Crippen molar-refractivity contribution in [3.63, 3.8) is 0 Å². The normalized spacial score (nSPS) is 10.3. The van der Waals surface area contributed by atoms with Gasteiger partial charge in [-0.1, -0.05) is 51.2 Å². The lowest BCUT2D eigenvalue weighted by atomic mass is 10.1. The molecule has 0 fully saturated rings. The third kappa shape index (κ3) is 7.14. The molecule has 0 aliphatic rings. The topological polar surface area (TPSA) is 58.6 Å². The minimum atomic E-state index is -0.411. The van der Waals surface area contributed by atoms with Gasteiger partial charge in [0.2, 0.25) is 5.91 Å². The molecule has 0 radical (unpaired) electrons. The summed E-state index contributed by atoms with van der Waals surface area (Å²) in [5.74, 6) is 0.414. The maximum absolute atomic E-state index is 11.0. The molecule has 0 unspecified atom stereocenters. The van der Waals surface area contributed by atoms with Crippen molar-refractivity contribution in [2.45, 2.75) is 51.9 Å². The number of hydrogen-bond donors (Lipinski definition) is 2. The smallest absolute Gasteiger partial charge is 0.247 e. The molecule has 0 heterocycles. The zero-order valence-electron chi connectivity index (χ0n) is 12.2. The number of benzene rings is 1. The van der Waals surface area contributed by atoms with E-state index in [0.717, 1.165) is 24.3 Å². The number of ether oxygens (including phenoxy) is 1. The van der Waals surface area contributed by atoms with Gasteiger partial charge >= 0.3 is 0 Å². The van der Waals surface area contributed by atoms with E-state index in [1.54, 1.807) is 5.48 Å². The highest BCUT2D eigenvalue weighted by molar-refractivity contribution is 5.77. The lowest BCUT2D eigenvalue weighted by Crippen LogP contribution is -2.20. The first-order valence-corrected chi connectivity index (χ1v) is 7.41. The number of hydrogen-bond acceptors (Lipinski definition) is 3. The van der Waals surface area contributed by atoms with Crippen LogP contribution in [0.3, 0.4) is 0 Å². The first-order valence-electron chi connectivity index (χ1n) is 7.41. The van der Waals surface area contributed by atoms with Crippen LogP contribution in [0.15, 0.2) is 24.3 Å². The second kappa shape index (κ2) is 10.3. The monoisotopic (exact) mass is 279 g/mol. The van der Waals surface area contributed by atoms with Crippen LogP contribution in [-0.2, 0) is 11.2 Å². The highest BCUT2D eigenvalue weighted by atomic mass is 16.5. The average Bonchev–Trinajstić information content (AvgIpc) is 2.48. The van der Waals surface area contributed by atoms with Crippen LogP contribution in [0.2, 0.25) is 0 Å². The van der Waals surface area contributed by atoms with Crippen LogP contribution in [0.1, 0.15) is 51.0 Å². The van der Waals surface area contributed by atoms with Gasteiger partial charge in [-0.25, -0.2) is 5.48 Å². The van der Waals surface area contributed by atoms with Crippen molar-refractivity contribution < 1.29 is 14.7 Å². The maximum atomic E-state index is 11.0. The van der Waals surface area contributed by atoms with Gasteiger partial charge in [-0.2, -0.15) is 0 Å². The van der Waals surface area contributed by atoms with Crippen molar-refractivity contribution in [2.24, 2.45) is 0 Å². The third-order valence-corrected chi connectivity index (χ3v) is 3.18. The number of unbranched alkanes of at least 4 members (excludes halogenated alkanes) is 5. The minimum absolute atomic E-state index is 0.175. The Balaban J connectivity index is 2.16. The van der Waals surface area contributed by atoms with E-state index in [1.807, 2.05) is 24.3 Å². The van der Waals surface area contributed by atoms with Crippen LogP contribution < -0.4 is 10.2 Å².